The molecule has 0 unspecified atom stereocenters. The molecule has 0 heterocycles. The van der Waals surface area contributed by atoms with E-state index in [0.717, 1.165) is 18.4 Å². The van der Waals surface area contributed by atoms with Crippen LogP contribution in [0.1, 0.15) is 84.5 Å². The maximum atomic E-state index is 13.7. The Labute approximate surface area is 218 Å². The maximum Gasteiger partial charge on any atom is 0.306 e. The number of aliphatic hydroxyl groups is 1. The number of rotatable bonds is 9. The third-order valence-electron chi connectivity index (χ3n) is 9.92. The number of esters is 1. The molecule has 4 rings (SSSR count). The van der Waals surface area contributed by atoms with E-state index in [0.29, 0.717) is 32.1 Å². The highest BCUT2D eigenvalue weighted by molar-refractivity contribution is 7.85. The van der Waals surface area contributed by atoms with Gasteiger partial charge in [-0.15, -0.1) is 0 Å². The van der Waals surface area contributed by atoms with Gasteiger partial charge in [0.15, 0.2) is 12.4 Å². The van der Waals surface area contributed by atoms with E-state index in [1.807, 2.05) is 6.92 Å². The lowest BCUT2D eigenvalue weighted by atomic mass is 9.46. The minimum Gasteiger partial charge on any atom is -0.458 e. The number of Topliss-reactive ketones (excluding diaryl/α,β-unsaturated/α-hetero) is 2. The van der Waals surface area contributed by atoms with Crippen LogP contribution in [0.15, 0.2) is 11.6 Å². The van der Waals surface area contributed by atoms with Gasteiger partial charge in [0.2, 0.25) is 5.78 Å². The van der Waals surface area contributed by atoms with E-state index in [9.17, 15) is 32.7 Å². The molecule has 0 aromatic rings. The molecule has 0 saturated heterocycles. The van der Waals surface area contributed by atoms with Crippen molar-refractivity contribution in [2.24, 2.45) is 28.6 Å². The van der Waals surface area contributed by atoms with Crippen molar-refractivity contribution in [1.29, 1.82) is 0 Å². The van der Waals surface area contributed by atoms with Crippen LogP contribution in [-0.2, 0) is 34.0 Å². The van der Waals surface area contributed by atoms with E-state index in [2.05, 4.69) is 6.92 Å². The van der Waals surface area contributed by atoms with Crippen LogP contribution >= 0.6 is 0 Å². The fourth-order valence-corrected chi connectivity index (χ4v) is 8.48. The minimum atomic E-state index is -4.03. The van der Waals surface area contributed by atoms with Crippen LogP contribution in [0.3, 0.4) is 0 Å². The number of fused-ring (bicyclic) bond motifs is 5. The Bertz CT molecular complexity index is 1120. The monoisotopic (exact) mass is 538 g/mol. The van der Waals surface area contributed by atoms with E-state index in [-0.39, 0.29) is 66.2 Å². The Morgan fingerprint density at radius 3 is 2.51 bits per heavy atom. The first-order chi connectivity index (χ1) is 17.2. The molecule has 37 heavy (non-hydrogen) atoms. The first-order valence-electron chi connectivity index (χ1n) is 13.3. The number of ether oxygens (including phenoxy) is 1. The van der Waals surface area contributed by atoms with Gasteiger partial charge in [-0.1, -0.05) is 25.8 Å². The zero-order valence-corrected chi connectivity index (χ0v) is 22.5. The molecule has 206 valence electrons. The summed E-state index contributed by atoms with van der Waals surface area (Å²) in [5.74, 6) is -1.61. The van der Waals surface area contributed by atoms with Gasteiger partial charge in [-0.05, 0) is 68.3 Å². The molecule has 0 bridgehead atoms. The second kappa shape index (κ2) is 10.0. The minimum absolute atomic E-state index is 0.00372. The van der Waals surface area contributed by atoms with Crippen LogP contribution in [-0.4, -0.2) is 59.4 Å². The quantitative estimate of drug-likeness (QED) is 0.256. The normalized spacial score (nSPS) is 37.3. The van der Waals surface area contributed by atoms with E-state index in [1.54, 1.807) is 6.08 Å². The molecular formula is C27H38O9S. The summed E-state index contributed by atoms with van der Waals surface area (Å²) < 4.78 is 35.4. The summed E-state index contributed by atoms with van der Waals surface area (Å²) in [5.41, 5.74) is -1.98. The van der Waals surface area contributed by atoms with E-state index < -0.39 is 39.5 Å². The summed E-state index contributed by atoms with van der Waals surface area (Å²) in [5, 5.41) is 11.7. The smallest absolute Gasteiger partial charge is 0.306 e. The van der Waals surface area contributed by atoms with Gasteiger partial charge in [0.25, 0.3) is 10.1 Å². The molecule has 4 aliphatic rings. The predicted molar refractivity (Wildman–Crippen MR) is 133 cm³/mol. The largest absolute Gasteiger partial charge is 0.458 e. The standard InChI is InChI=1S/C27H38O9S/c1-25-11-9-18(28)14-17(25)7-8-19-20-10-12-27(32,26(20,2)15-21(29)24(19)25)22(30)16-36-23(31)6-4-3-5-13-37(33,34)35/h14,19-20,24,32H,3-13,15-16H2,1-2H3,(H,33,34,35)/t19-,20-,24+,25-,26-,27-/m0/s1. The van der Waals surface area contributed by atoms with Crippen molar-refractivity contribution in [3.63, 3.8) is 0 Å². The fourth-order valence-electron chi connectivity index (χ4n) is 7.91. The number of carbonyl (C=O) groups is 4. The highest BCUT2D eigenvalue weighted by Gasteiger charge is 2.68. The first kappa shape index (κ1) is 28.1. The van der Waals surface area contributed by atoms with Crippen molar-refractivity contribution in [2.75, 3.05) is 12.4 Å². The van der Waals surface area contributed by atoms with Gasteiger partial charge in [0, 0.05) is 30.6 Å². The van der Waals surface area contributed by atoms with Crippen molar-refractivity contribution >= 4 is 33.4 Å². The molecule has 4 aliphatic carbocycles. The third-order valence-corrected chi connectivity index (χ3v) is 10.7. The Morgan fingerprint density at radius 1 is 1.08 bits per heavy atom. The molecule has 0 aromatic carbocycles. The van der Waals surface area contributed by atoms with Crippen molar-refractivity contribution in [3.8, 4) is 0 Å². The lowest BCUT2D eigenvalue weighted by molar-refractivity contribution is -0.173. The molecule has 0 spiro atoms. The zero-order valence-electron chi connectivity index (χ0n) is 21.7. The van der Waals surface area contributed by atoms with Crippen LogP contribution in [0.2, 0.25) is 0 Å². The van der Waals surface area contributed by atoms with Crippen LogP contribution in [0.25, 0.3) is 0 Å². The summed E-state index contributed by atoms with van der Waals surface area (Å²) in [6.45, 7) is 3.35. The molecular weight excluding hydrogens is 500 g/mol. The lowest BCUT2D eigenvalue weighted by Gasteiger charge is -2.57. The van der Waals surface area contributed by atoms with E-state index >= 15 is 0 Å². The van der Waals surface area contributed by atoms with Crippen molar-refractivity contribution in [3.05, 3.63) is 11.6 Å². The van der Waals surface area contributed by atoms with Gasteiger partial charge in [0.1, 0.15) is 11.4 Å². The van der Waals surface area contributed by atoms with Crippen LogP contribution in [0.4, 0.5) is 0 Å². The number of hydrogen-bond acceptors (Lipinski definition) is 8. The molecule has 0 amide bonds. The molecule has 9 nitrogen and oxygen atoms in total. The summed E-state index contributed by atoms with van der Waals surface area (Å²) in [6.07, 6.45) is 6.21. The number of hydrogen-bond donors (Lipinski definition) is 2. The van der Waals surface area contributed by atoms with Gasteiger partial charge in [0.05, 0.1) is 5.75 Å². The Balaban J connectivity index is 1.39. The van der Waals surface area contributed by atoms with Crippen molar-refractivity contribution in [2.45, 2.75) is 90.1 Å². The summed E-state index contributed by atoms with van der Waals surface area (Å²) >= 11 is 0. The fraction of sp³-hybridized carbons (Fsp3) is 0.778. The average molecular weight is 539 g/mol. The van der Waals surface area contributed by atoms with Crippen LogP contribution in [0, 0.1) is 28.6 Å². The zero-order chi connectivity index (χ0) is 27.2. The van der Waals surface area contributed by atoms with Gasteiger partial charge in [-0.25, -0.2) is 0 Å². The third kappa shape index (κ3) is 5.08. The highest BCUT2D eigenvalue weighted by atomic mass is 32.2. The Hall–Kier alpha value is -1.91. The second-order valence-electron chi connectivity index (χ2n) is 12.0. The van der Waals surface area contributed by atoms with Crippen LogP contribution in [0.5, 0.6) is 0 Å². The molecule has 0 aliphatic heterocycles. The highest BCUT2D eigenvalue weighted by Crippen LogP contribution is 2.66. The average Bonchev–Trinajstić information content (AvgIpc) is 3.08. The number of ketones is 3. The molecule has 2 N–H and O–H groups in total. The SMILES string of the molecule is C[C@]12CCC(=O)C=C1CC[C@@H]1[C@@H]2C(=O)C[C@@]2(C)[C@H]1CC[C@]2(O)C(=O)COC(=O)CCCCCS(=O)(=O)O. The van der Waals surface area contributed by atoms with Crippen molar-refractivity contribution < 1.29 is 42.0 Å². The first-order valence-corrected chi connectivity index (χ1v) is 15.0. The van der Waals surface area contributed by atoms with E-state index in [1.165, 1.54) is 0 Å². The van der Waals surface area contributed by atoms with Crippen LogP contribution < -0.4 is 0 Å². The van der Waals surface area contributed by atoms with Crippen molar-refractivity contribution in [1.82, 2.24) is 0 Å². The summed E-state index contributed by atoms with van der Waals surface area (Å²) in [7, 11) is -4.03. The Morgan fingerprint density at radius 2 is 1.81 bits per heavy atom. The summed E-state index contributed by atoms with van der Waals surface area (Å²) in [6, 6.07) is 0. The van der Waals surface area contributed by atoms with E-state index in [4.69, 9.17) is 9.29 Å². The lowest BCUT2D eigenvalue weighted by Crippen LogP contribution is -2.61. The number of unbranched alkanes of at least 4 members (excludes halogenated alkanes) is 2. The predicted octanol–water partition coefficient (Wildman–Crippen LogP) is 2.99. The molecule has 10 heteroatoms. The second-order valence-corrected chi connectivity index (χ2v) is 13.6. The molecule has 6 atom stereocenters. The van der Waals surface area contributed by atoms with Gasteiger partial charge >= 0.3 is 5.97 Å². The Kier molecular flexibility index (Phi) is 7.60. The van der Waals surface area contributed by atoms with Gasteiger partial charge in [-0.3, -0.25) is 23.7 Å². The summed E-state index contributed by atoms with van der Waals surface area (Å²) in [4.78, 5) is 51.0. The maximum absolute atomic E-state index is 13.7. The molecule has 0 radical (unpaired) electrons. The van der Waals surface area contributed by atoms with Gasteiger partial charge < -0.3 is 9.84 Å². The topological polar surface area (TPSA) is 152 Å². The molecule has 0 aromatic heterocycles. The number of carbonyl (C=O) groups excluding carboxylic acids is 4. The number of allylic oxidation sites excluding steroid dienone is 1. The van der Waals surface area contributed by atoms with Gasteiger partial charge in [-0.2, -0.15) is 8.42 Å². The molecule has 3 saturated carbocycles. The molecule has 3 fully saturated rings.